The van der Waals surface area contributed by atoms with Gasteiger partial charge in [-0.25, -0.2) is 5.48 Å². The number of rotatable bonds is 6. The lowest BCUT2D eigenvalue weighted by Gasteiger charge is -2.20. The first-order chi connectivity index (χ1) is 10.7. The van der Waals surface area contributed by atoms with Crippen LogP contribution in [0.4, 0.5) is 5.69 Å². The molecule has 22 heavy (non-hydrogen) atoms. The number of methoxy groups -OCH3 is 1. The molecule has 1 amide bonds. The Balaban J connectivity index is 1.88. The van der Waals surface area contributed by atoms with E-state index in [4.69, 9.17) is 9.94 Å². The van der Waals surface area contributed by atoms with Gasteiger partial charge in [0.15, 0.2) is 0 Å². The van der Waals surface area contributed by atoms with Crippen LogP contribution in [0.25, 0.3) is 0 Å². The van der Waals surface area contributed by atoms with Crippen LogP contribution in [-0.4, -0.2) is 24.8 Å². The van der Waals surface area contributed by atoms with Gasteiger partial charge in [0.2, 0.25) is 0 Å². The Kier molecular flexibility index (Phi) is 6.03. The molecule has 5 nitrogen and oxygen atoms in total. The summed E-state index contributed by atoms with van der Waals surface area (Å²) in [6, 6.07) is 7.86. The average Bonchev–Trinajstić information content (AvgIpc) is 2.58. The third-order valence-corrected chi connectivity index (χ3v) is 3.71. The van der Waals surface area contributed by atoms with Crippen molar-refractivity contribution in [1.29, 1.82) is 0 Å². The maximum Gasteiger partial charge on any atom is 0.267 e. The second-order valence-electron chi connectivity index (χ2n) is 5.31. The fourth-order valence-corrected chi connectivity index (χ4v) is 2.52. The molecule has 0 saturated carbocycles. The molecular weight excluding hydrogens is 280 g/mol. The predicted molar refractivity (Wildman–Crippen MR) is 86.0 cm³/mol. The van der Waals surface area contributed by atoms with Crippen molar-refractivity contribution in [2.45, 2.75) is 19.3 Å². The number of amides is 1. The Hall–Kier alpha value is -2.27. The minimum Gasteiger partial charge on any atom is -0.497 e. The molecule has 5 heteroatoms. The van der Waals surface area contributed by atoms with Crippen LogP contribution < -0.4 is 15.5 Å². The Morgan fingerprint density at radius 1 is 1.41 bits per heavy atom. The van der Waals surface area contributed by atoms with Crippen molar-refractivity contribution in [2.24, 2.45) is 5.92 Å². The molecule has 2 rings (SSSR count). The van der Waals surface area contributed by atoms with E-state index in [2.05, 4.69) is 11.4 Å². The second kappa shape index (κ2) is 8.24. The number of ether oxygens (including phenoxy) is 1. The van der Waals surface area contributed by atoms with E-state index in [-0.39, 0.29) is 0 Å². The number of hydrogen-bond acceptors (Lipinski definition) is 4. The first-order valence-corrected chi connectivity index (χ1v) is 7.42. The van der Waals surface area contributed by atoms with E-state index >= 15 is 0 Å². The topological polar surface area (TPSA) is 70.6 Å². The molecule has 1 atom stereocenters. The van der Waals surface area contributed by atoms with Crippen molar-refractivity contribution in [3.8, 4) is 5.75 Å². The highest BCUT2D eigenvalue weighted by Gasteiger charge is 2.12. The zero-order valence-corrected chi connectivity index (χ0v) is 12.7. The van der Waals surface area contributed by atoms with Crippen molar-refractivity contribution >= 4 is 11.6 Å². The molecule has 0 heterocycles. The Morgan fingerprint density at radius 2 is 2.18 bits per heavy atom. The molecule has 0 aromatic heterocycles. The number of hydrogen-bond donors (Lipinski definition) is 3. The third-order valence-electron chi connectivity index (χ3n) is 3.71. The molecule has 1 aromatic carbocycles. The van der Waals surface area contributed by atoms with Gasteiger partial charge in [0.05, 0.1) is 7.11 Å². The van der Waals surface area contributed by atoms with Crippen LogP contribution in [0.5, 0.6) is 5.75 Å². The van der Waals surface area contributed by atoms with E-state index in [0.29, 0.717) is 5.92 Å². The molecule has 0 aliphatic heterocycles. The molecule has 118 valence electrons. The maximum absolute atomic E-state index is 11.0. The zero-order valence-electron chi connectivity index (χ0n) is 12.7. The summed E-state index contributed by atoms with van der Waals surface area (Å²) in [6.45, 7) is 0.857. The van der Waals surface area contributed by atoms with Crippen LogP contribution in [0.15, 0.2) is 48.1 Å². The van der Waals surface area contributed by atoms with Gasteiger partial charge < -0.3 is 10.1 Å². The van der Waals surface area contributed by atoms with Crippen molar-refractivity contribution < 1.29 is 14.7 Å². The first kappa shape index (κ1) is 16.1. The van der Waals surface area contributed by atoms with Crippen molar-refractivity contribution in [1.82, 2.24) is 5.48 Å². The standard InChI is InChI=1S/C17H22N2O3/c1-22-16-8-6-15(7-9-16)18-12-14-4-2-3-13(11-14)5-10-17(20)19-21/h5-11,14,18,21H,2-4,12H2,1H3,(H,19,20)/b10-5+. The molecule has 0 spiro atoms. The van der Waals surface area contributed by atoms with Crippen LogP contribution in [0.3, 0.4) is 0 Å². The fourth-order valence-electron chi connectivity index (χ4n) is 2.52. The van der Waals surface area contributed by atoms with E-state index in [1.165, 1.54) is 6.08 Å². The normalized spacial score (nSPS) is 17.9. The van der Waals surface area contributed by atoms with Crippen molar-refractivity contribution in [2.75, 3.05) is 19.0 Å². The average molecular weight is 302 g/mol. The van der Waals surface area contributed by atoms with E-state index in [1.807, 2.05) is 24.3 Å². The molecule has 1 aliphatic carbocycles. The van der Waals surface area contributed by atoms with Gasteiger partial charge in [-0.15, -0.1) is 0 Å². The summed E-state index contributed by atoms with van der Waals surface area (Å²) >= 11 is 0. The van der Waals surface area contributed by atoms with Crippen LogP contribution >= 0.6 is 0 Å². The quantitative estimate of drug-likeness (QED) is 0.429. The van der Waals surface area contributed by atoms with Crippen LogP contribution in [0, 0.1) is 5.92 Å². The molecule has 0 fully saturated rings. The summed E-state index contributed by atoms with van der Waals surface area (Å²) < 4.78 is 5.14. The maximum atomic E-state index is 11.0. The summed E-state index contributed by atoms with van der Waals surface area (Å²) in [5, 5.41) is 11.9. The molecule has 0 saturated heterocycles. The summed E-state index contributed by atoms with van der Waals surface area (Å²) in [4.78, 5) is 11.0. The lowest BCUT2D eigenvalue weighted by Crippen LogP contribution is -2.16. The summed E-state index contributed by atoms with van der Waals surface area (Å²) in [5.41, 5.74) is 3.80. The monoisotopic (exact) mass is 302 g/mol. The second-order valence-corrected chi connectivity index (χ2v) is 5.31. The molecule has 3 N–H and O–H groups in total. The van der Waals surface area contributed by atoms with Gasteiger partial charge in [0, 0.05) is 18.3 Å². The van der Waals surface area contributed by atoms with Gasteiger partial charge in [0.25, 0.3) is 5.91 Å². The minimum absolute atomic E-state index is 0.438. The van der Waals surface area contributed by atoms with E-state index < -0.39 is 5.91 Å². The lowest BCUT2D eigenvalue weighted by molar-refractivity contribution is -0.124. The molecule has 1 unspecified atom stereocenters. The number of anilines is 1. The van der Waals surface area contributed by atoms with Crippen LogP contribution in [-0.2, 0) is 4.79 Å². The Morgan fingerprint density at radius 3 is 2.86 bits per heavy atom. The molecule has 1 aliphatic rings. The number of nitrogens with one attached hydrogen (secondary N) is 2. The van der Waals surface area contributed by atoms with E-state index in [1.54, 1.807) is 18.7 Å². The van der Waals surface area contributed by atoms with Gasteiger partial charge >= 0.3 is 0 Å². The van der Waals surface area contributed by atoms with Crippen LogP contribution in [0.2, 0.25) is 0 Å². The Labute approximate surface area is 130 Å². The number of allylic oxidation sites excluding steroid dienone is 2. The fraction of sp³-hybridized carbons (Fsp3) is 0.353. The lowest BCUT2D eigenvalue weighted by atomic mass is 9.90. The number of benzene rings is 1. The smallest absolute Gasteiger partial charge is 0.267 e. The summed E-state index contributed by atoms with van der Waals surface area (Å²) in [6.07, 6.45) is 8.52. The first-order valence-electron chi connectivity index (χ1n) is 7.42. The molecule has 1 aromatic rings. The van der Waals surface area contributed by atoms with Gasteiger partial charge in [-0.1, -0.05) is 17.7 Å². The largest absolute Gasteiger partial charge is 0.497 e. The van der Waals surface area contributed by atoms with E-state index in [0.717, 1.165) is 42.8 Å². The summed E-state index contributed by atoms with van der Waals surface area (Å²) in [7, 11) is 1.65. The van der Waals surface area contributed by atoms with Crippen molar-refractivity contribution in [3.05, 3.63) is 48.1 Å². The molecule has 0 bridgehead atoms. The highest BCUT2D eigenvalue weighted by Crippen LogP contribution is 2.24. The van der Waals surface area contributed by atoms with Crippen LogP contribution in [0.1, 0.15) is 19.3 Å². The van der Waals surface area contributed by atoms with Gasteiger partial charge in [-0.05, 0) is 49.4 Å². The zero-order chi connectivity index (χ0) is 15.8. The minimum atomic E-state index is -0.501. The SMILES string of the molecule is COc1ccc(NCC2C=C(/C=C/C(=O)NO)CCC2)cc1. The molecule has 0 radical (unpaired) electrons. The molecular formula is C17H22N2O3. The Bertz CT molecular complexity index is 550. The van der Waals surface area contributed by atoms with Gasteiger partial charge in [-0.2, -0.15) is 0 Å². The number of carbonyl (C=O) groups is 1. The predicted octanol–water partition coefficient (Wildman–Crippen LogP) is 2.90. The highest BCUT2D eigenvalue weighted by atomic mass is 16.5. The highest BCUT2D eigenvalue weighted by molar-refractivity contribution is 5.86. The number of carbonyl (C=O) groups excluding carboxylic acids is 1. The van der Waals surface area contributed by atoms with Crippen molar-refractivity contribution in [3.63, 3.8) is 0 Å². The third kappa shape index (κ3) is 4.93. The van der Waals surface area contributed by atoms with E-state index in [9.17, 15) is 4.79 Å². The van der Waals surface area contributed by atoms with Gasteiger partial charge in [0.1, 0.15) is 5.75 Å². The number of hydroxylamine groups is 1. The summed E-state index contributed by atoms with van der Waals surface area (Å²) in [5.74, 6) is 0.782. The van der Waals surface area contributed by atoms with Gasteiger partial charge in [-0.3, -0.25) is 10.0 Å².